The summed E-state index contributed by atoms with van der Waals surface area (Å²) in [5, 5.41) is 0. The minimum Gasteiger partial charge on any atom is -0.494 e. The van der Waals surface area contributed by atoms with Gasteiger partial charge in [-0.15, -0.1) is 0 Å². The van der Waals surface area contributed by atoms with Gasteiger partial charge in [0.05, 0.1) is 35.6 Å². The maximum atomic E-state index is 13.8. The maximum absolute atomic E-state index is 13.8. The lowest BCUT2D eigenvalue weighted by Gasteiger charge is -2.26. The van der Waals surface area contributed by atoms with E-state index in [0.29, 0.717) is 44.3 Å². The van der Waals surface area contributed by atoms with Crippen molar-refractivity contribution in [2.45, 2.75) is 33.7 Å². The first-order chi connectivity index (χ1) is 18.9. The van der Waals surface area contributed by atoms with E-state index in [1.807, 2.05) is 31.2 Å². The average Bonchev–Trinajstić information content (AvgIpc) is 3.22. The highest BCUT2D eigenvalue weighted by atomic mass is 32.1. The fourth-order valence-corrected chi connectivity index (χ4v) is 5.28. The van der Waals surface area contributed by atoms with Gasteiger partial charge in [0, 0.05) is 5.56 Å². The third-order valence-electron chi connectivity index (χ3n) is 5.87. The molecule has 3 aromatic rings. The number of thiazole rings is 1. The number of benzene rings is 2. The molecule has 0 amide bonds. The molecule has 0 saturated carbocycles. The Labute approximate surface area is 229 Å². The molecule has 9 nitrogen and oxygen atoms in total. The third-order valence-corrected chi connectivity index (χ3v) is 6.85. The Bertz CT molecular complexity index is 1570. The Balaban J connectivity index is 1.77. The third kappa shape index (κ3) is 6.12. The maximum Gasteiger partial charge on any atom is 0.344 e. The van der Waals surface area contributed by atoms with Gasteiger partial charge in [-0.25, -0.2) is 14.6 Å². The van der Waals surface area contributed by atoms with E-state index >= 15 is 0 Å². The average molecular weight is 551 g/mol. The van der Waals surface area contributed by atoms with E-state index in [0.717, 1.165) is 5.56 Å². The van der Waals surface area contributed by atoms with E-state index in [9.17, 15) is 14.4 Å². The van der Waals surface area contributed by atoms with Crippen molar-refractivity contribution in [3.63, 3.8) is 0 Å². The molecular weight excluding hydrogens is 520 g/mol. The second kappa shape index (κ2) is 12.6. The highest BCUT2D eigenvalue weighted by molar-refractivity contribution is 7.07. The number of nitrogens with zero attached hydrogens (tertiary/aromatic N) is 2. The van der Waals surface area contributed by atoms with Crippen LogP contribution in [0.5, 0.6) is 11.5 Å². The molecule has 4 rings (SSSR count). The number of allylic oxidation sites excluding steroid dienone is 1. The molecule has 1 atom stereocenters. The van der Waals surface area contributed by atoms with E-state index in [1.165, 1.54) is 15.9 Å². The van der Waals surface area contributed by atoms with Crippen LogP contribution in [0.4, 0.5) is 0 Å². The molecular formula is C29H30N2O7S. The molecule has 0 unspecified atom stereocenters. The van der Waals surface area contributed by atoms with Crippen molar-refractivity contribution < 1.29 is 28.5 Å². The number of fused-ring (bicyclic) bond motifs is 1. The summed E-state index contributed by atoms with van der Waals surface area (Å²) in [5.74, 6) is 0.113. The van der Waals surface area contributed by atoms with Crippen LogP contribution in [0.3, 0.4) is 0 Å². The van der Waals surface area contributed by atoms with Crippen LogP contribution in [0.1, 0.15) is 44.9 Å². The number of rotatable bonds is 10. The van der Waals surface area contributed by atoms with Gasteiger partial charge in [-0.1, -0.05) is 41.7 Å². The summed E-state index contributed by atoms with van der Waals surface area (Å²) in [7, 11) is 0. The molecule has 0 fully saturated rings. The number of ether oxygens (including phenoxy) is 4. The second-order valence-corrected chi connectivity index (χ2v) is 9.44. The monoisotopic (exact) mass is 550 g/mol. The van der Waals surface area contributed by atoms with Crippen molar-refractivity contribution in [2.75, 3.05) is 26.4 Å². The van der Waals surface area contributed by atoms with Crippen LogP contribution in [-0.4, -0.2) is 42.9 Å². The number of hydrogen-bond donors (Lipinski definition) is 0. The minimum absolute atomic E-state index is 0.183. The zero-order valence-corrected chi connectivity index (χ0v) is 23.1. The van der Waals surface area contributed by atoms with Gasteiger partial charge in [0.1, 0.15) is 17.5 Å². The highest BCUT2D eigenvalue weighted by Crippen LogP contribution is 2.35. The predicted octanol–water partition coefficient (Wildman–Crippen LogP) is 3.14. The van der Waals surface area contributed by atoms with Crippen LogP contribution in [0, 0.1) is 0 Å². The van der Waals surface area contributed by atoms with E-state index in [2.05, 4.69) is 4.99 Å². The molecule has 2 aromatic carbocycles. The zero-order valence-electron chi connectivity index (χ0n) is 22.3. The zero-order chi connectivity index (χ0) is 27.9. The van der Waals surface area contributed by atoms with Gasteiger partial charge in [-0.2, -0.15) is 0 Å². The molecule has 0 aliphatic carbocycles. The van der Waals surface area contributed by atoms with Gasteiger partial charge >= 0.3 is 11.9 Å². The molecule has 10 heteroatoms. The molecule has 1 aromatic heterocycles. The molecule has 0 radical (unpaired) electrons. The van der Waals surface area contributed by atoms with Crippen LogP contribution in [0.15, 0.2) is 69.6 Å². The Kier molecular flexibility index (Phi) is 8.98. The van der Waals surface area contributed by atoms with Crippen LogP contribution < -0.4 is 24.4 Å². The van der Waals surface area contributed by atoms with Gasteiger partial charge < -0.3 is 18.9 Å². The Morgan fingerprint density at radius 1 is 0.974 bits per heavy atom. The molecule has 39 heavy (non-hydrogen) atoms. The summed E-state index contributed by atoms with van der Waals surface area (Å²) in [6.45, 7) is 7.82. The molecule has 1 aliphatic rings. The lowest BCUT2D eigenvalue weighted by atomic mass is 9.95. The van der Waals surface area contributed by atoms with Gasteiger partial charge in [0.2, 0.25) is 0 Å². The summed E-state index contributed by atoms with van der Waals surface area (Å²) < 4.78 is 23.5. The number of hydrogen-bond acceptors (Lipinski definition) is 9. The number of aromatic nitrogens is 1. The predicted molar refractivity (Wildman–Crippen MR) is 147 cm³/mol. The van der Waals surface area contributed by atoms with E-state index in [1.54, 1.807) is 51.1 Å². The van der Waals surface area contributed by atoms with Crippen molar-refractivity contribution >= 4 is 29.4 Å². The van der Waals surface area contributed by atoms with Crippen molar-refractivity contribution in [3.8, 4) is 11.5 Å². The van der Waals surface area contributed by atoms with Gasteiger partial charge in [-0.3, -0.25) is 9.36 Å². The van der Waals surface area contributed by atoms with Crippen LogP contribution in [0.2, 0.25) is 0 Å². The molecule has 0 spiro atoms. The Morgan fingerprint density at radius 3 is 2.38 bits per heavy atom. The first kappa shape index (κ1) is 27.8. The Morgan fingerprint density at radius 2 is 1.69 bits per heavy atom. The topological polar surface area (TPSA) is 105 Å². The van der Waals surface area contributed by atoms with Gasteiger partial charge in [0.15, 0.2) is 11.4 Å². The first-order valence-corrected chi connectivity index (χ1v) is 13.5. The van der Waals surface area contributed by atoms with Crippen LogP contribution in [0.25, 0.3) is 6.08 Å². The second-order valence-electron chi connectivity index (χ2n) is 8.44. The van der Waals surface area contributed by atoms with E-state index < -0.39 is 18.0 Å². The summed E-state index contributed by atoms with van der Waals surface area (Å²) in [6.07, 6.45) is 1.76. The normalized spacial score (nSPS) is 14.9. The first-order valence-electron chi connectivity index (χ1n) is 12.7. The molecule has 0 bridgehead atoms. The smallest absolute Gasteiger partial charge is 0.344 e. The van der Waals surface area contributed by atoms with E-state index in [-0.39, 0.29) is 25.4 Å². The SMILES string of the molecule is CCOC(=O)COc1ccc(C=c2sc3n(c2=O)[C@H](c2ccccc2OCC)C(C(=O)OCC)=C(C)N=3)cc1. The van der Waals surface area contributed by atoms with Crippen molar-refractivity contribution in [3.05, 3.63) is 90.6 Å². The summed E-state index contributed by atoms with van der Waals surface area (Å²) in [4.78, 5) is 43.5. The standard InChI is InChI=1S/C29H30N2O7S/c1-5-35-22-11-9-8-10-21(22)26-25(28(34)37-7-3)18(4)30-29-31(26)27(33)23(39-29)16-19-12-14-20(15-13-19)38-17-24(32)36-6-2/h8-16,26H,5-7,17H2,1-4H3/t26-/m1/s1. The lowest BCUT2D eigenvalue weighted by molar-refractivity contribution is -0.145. The minimum atomic E-state index is -0.760. The highest BCUT2D eigenvalue weighted by Gasteiger charge is 2.35. The number of carbonyl (C=O) groups excluding carboxylic acids is 2. The number of carbonyl (C=O) groups is 2. The van der Waals surface area contributed by atoms with E-state index in [4.69, 9.17) is 18.9 Å². The Hall–Kier alpha value is -4.18. The fourth-order valence-electron chi connectivity index (χ4n) is 4.24. The number of esters is 2. The molecule has 0 N–H and O–H groups in total. The van der Waals surface area contributed by atoms with Crippen molar-refractivity contribution in [1.82, 2.24) is 4.57 Å². The molecule has 204 valence electrons. The summed E-state index contributed by atoms with van der Waals surface area (Å²) >= 11 is 1.24. The quantitative estimate of drug-likeness (QED) is 0.357. The summed E-state index contributed by atoms with van der Waals surface area (Å²) in [5.41, 5.74) is 1.93. The number of para-hydroxylation sites is 1. The van der Waals surface area contributed by atoms with Crippen molar-refractivity contribution in [1.29, 1.82) is 0 Å². The lowest BCUT2D eigenvalue weighted by Crippen LogP contribution is -2.40. The largest absolute Gasteiger partial charge is 0.494 e. The molecule has 0 saturated heterocycles. The molecule has 2 heterocycles. The summed E-state index contributed by atoms with van der Waals surface area (Å²) in [6, 6.07) is 13.6. The van der Waals surface area contributed by atoms with Gasteiger partial charge in [-0.05, 0) is 57.5 Å². The van der Waals surface area contributed by atoms with Crippen molar-refractivity contribution in [2.24, 2.45) is 4.99 Å². The fraction of sp³-hybridized carbons (Fsp3) is 0.310. The van der Waals surface area contributed by atoms with Crippen LogP contribution in [-0.2, 0) is 19.1 Å². The van der Waals surface area contributed by atoms with Crippen LogP contribution >= 0.6 is 11.3 Å². The van der Waals surface area contributed by atoms with Gasteiger partial charge in [0.25, 0.3) is 5.56 Å². The molecule has 1 aliphatic heterocycles.